The van der Waals surface area contributed by atoms with E-state index >= 15 is 0 Å². The number of nitrogens with zero attached hydrogens (tertiary/aromatic N) is 3. The number of likely N-dealkylation sites (tertiary alicyclic amines) is 1. The molecule has 1 N–H and O–H groups in total. The van der Waals surface area contributed by atoms with Crippen molar-refractivity contribution < 1.29 is 9.53 Å². The minimum atomic E-state index is 0.0466. The van der Waals surface area contributed by atoms with Gasteiger partial charge in [0.2, 0.25) is 5.91 Å². The Kier molecular flexibility index (Phi) is 7.33. The average molecular weight is 445 g/mol. The molecule has 0 aliphatic carbocycles. The van der Waals surface area contributed by atoms with Crippen molar-refractivity contribution in [1.29, 1.82) is 0 Å². The number of methoxy groups -OCH3 is 1. The van der Waals surface area contributed by atoms with E-state index in [1.807, 2.05) is 18.2 Å². The van der Waals surface area contributed by atoms with Gasteiger partial charge in [-0.3, -0.25) is 4.79 Å². The van der Waals surface area contributed by atoms with Crippen LogP contribution in [0.1, 0.15) is 39.5 Å². The van der Waals surface area contributed by atoms with Crippen molar-refractivity contribution in [3.8, 4) is 5.75 Å². The molecule has 2 aromatic rings. The number of carbonyl (C=O) groups is 1. The van der Waals surface area contributed by atoms with Crippen LogP contribution in [0.2, 0.25) is 0 Å². The van der Waals surface area contributed by atoms with E-state index < -0.39 is 0 Å². The first-order valence-electron chi connectivity index (χ1n) is 11.7. The van der Waals surface area contributed by atoms with Crippen LogP contribution in [0.5, 0.6) is 5.75 Å². The first-order chi connectivity index (χ1) is 15.0. The van der Waals surface area contributed by atoms with Crippen LogP contribution in [0.15, 0.2) is 18.2 Å². The smallest absolute Gasteiger partial charge is 0.224 e. The Hall–Kier alpha value is -1.86. The lowest BCUT2D eigenvalue weighted by Gasteiger charge is -2.35. The summed E-state index contributed by atoms with van der Waals surface area (Å²) in [5.74, 6) is 2.68. The van der Waals surface area contributed by atoms with Crippen molar-refractivity contribution in [3.05, 3.63) is 18.2 Å². The number of amides is 1. The Morgan fingerprint density at radius 3 is 2.84 bits per heavy atom. The first-order valence-corrected chi connectivity index (χ1v) is 12.5. The second kappa shape index (κ2) is 10.2. The molecule has 1 amide bonds. The summed E-state index contributed by atoms with van der Waals surface area (Å²) in [7, 11) is 1.69. The number of benzene rings is 1. The number of fused-ring (bicyclic) bond motifs is 1. The molecule has 3 atom stereocenters. The number of thiazole rings is 1. The Morgan fingerprint density at radius 2 is 2.06 bits per heavy atom. The second-order valence-corrected chi connectivity index (χ2v) is 10.5. The van der Waals surface area contributed by atoms with Crippen LogP contribution in [0.25, 0.3) is 10.2 Å². The SMILES string of the molecule is COc1ccc2nc(N3CCC[C@H](C(=O)NCCCN4C[C@H](C)C[C@@H](C)C4)C3)sc2c1. The van der Waals surface area contributed by atoms with Gasteiger partial charge in [0.05, 0.1) is 23.2 Å². The number of piperidine rings is 2. The second-order valence-electron chi connectivity index (χ2n) is 9.47. The standard InChI is InChI=1S/C24H36N4O2S/c1-17-12-18(2)15-27(14-17)10-5-9-25-23(29)19-6-4-11-28(16-19)24-26-21-8-7-20(30-3)13-22(21)31-24/h7-8,13,17-19H,4-6,9-12,14-16H2,1-3H3,(H,25,29)/t17-,18-,19+/m1/s1. The van der Waals surface area contributed by atoms with Gasteiger partial charge in [0.1, 0.15) is 5.75 Å². The molecule has 0 saturated carbocycles. The maximum Gasteiger partial charge on any atom is 0.224 e. The minimum absolute atomic E-state index is 0.0466. The van der Waals surface area contributed by atoms with Gasteiger partial charge in [-0.05, 0) is 62.3 Å². The maximum atomic E-state index is 12.8. The fourth-order valence-electron chi connectivity index (χ4n) is 5.15. The van der Waals surface area contributed by atoms with E-state index in [1.165, 1.54) is 19.5 Å². The van der Waals surface area contributed by atoms with Crippen LogP contribution in [-0.2, 0) is 4.79 Å². The molecule has 3 heterocycles. The summed E-state index contributed by atoms with van der Waals surface area (Å²) < 4.78 is 6.46. The summed E-state index contributed by atoms with van der Waals surface area (Å²) in [5.41, 5.74) is 0.994. The molecule has 0 spiro atoms. The van der Waals surface area contributed by atoms with Gasteiger partial charge < -0.3 is 19.9 Å². The van der Waals surface area contributed by atoms with E-state index in [0.717, 1.165) is 78.4 Å². The van der Waals surface area contributed by atoms with E-state index in [0.29, 0.717) is 0 Å². The molecule has 2 saturated heterocycles. The van der Waals surface area contributed by atoms with Crippen LogP contribution in [-0.4, -0.2) is 62.2 Å². The molecule has 0 unspecified atom stereocenters. The largest absolute Gasteiger partial charge is 0.497 e. The Labute approximate surface area is 190 Å². The zero-order valence-electron chi connectivity index (χ0n) is 19.1. The summed E-state index contributed by atoms with van der Waals surface area (Å²) in [6.07, 6.45) is 4.36. The number of hydrogen-bond acceptors (Lipinski definition) is 6. The number of aromatic nitrogens is 1. The van der Waals surface area contributed by atoms with Gasteiger partial charge in [-0.25, -0.2) is 4.98 Å². The topological polar surface area (TPSA) is 57.7 Å². The predicted octanol–water partition coefficient (Wildman–Crippen LogP) is 4.01. The molecule has 2 fully saturated rings. The van der Waals surface area contributed by atoms with E-state index in [9.17, 15) is 4.79 Å². The fourth-order valence-corrected chi connectivity index (χ4v) is 6.18. The summed E-state index contributed by atoms with van der Waals surface area (Å²) in [4.78, 5) is 22.4. The molecule has 31 heavy (non-hydrogen) atoms. The Bertz CT molecular complexity index is 876. The van der Waals surface area contributed by atoms with Gasteiger partial charge in [0.15, 0.2) is 5.13 Å². The molecule has 1 aromatic heterocycles. The molecule has 0 radical (unpaired) electrons. The Morgan fingerprint density at radius 1 is 1.26 bits per heavy atom. The lowest BCUT2D eigenvalue weighted by molar-refractivity contribution is -0.125. The van der Waals surface area contributed by atoms with Crippen LogP contribution >= 0.6 is 11.3 Å². The zero-order chi connectivity index (χ0) is 21.8. The summed E-state index contributed by atoms with van der Waals surface area (Å²) in [6.45, 7) is 10.7. The van der Waals surface area contributed by atoms with Crippen LogP contribution < -0.4 is 15.0 Å². The highest BCUT2D eigenvalue weighted by molar-refractivity contribution is 7.22. The number of rotatable bonds is 7. The van der Waals surface area contributed by atoms with Crippen molar-refractivity contribution in [2.75, 3.05) is 51.3 Å². The number of hydrogen-bond donors (Lipinski definition) is 1. The third-order valence-corrected chi connectivity index (χ3v) is 7.62. The van der Waals surface area contributed by atoms with Crippen LogP contribution in [0.4, 0.5) is 5.13 Å². The molecule has 2 aliphatic rings. The normalized spacial score (nSPS) is 25.0. The molecule has 4 rings (SSSR count). The minimum Gasteiger partial charge on any atom is -0.497 e. The van der Waals surface area contributed by atoms with Gasteiger partial charge >= 0.3 is 0 Å². The number of nitrogens with one attached hydrogen (secondary N) is 1. The molecule has 7 heteroatoms. The van der Waals surface area contributed by atoms with Gasteiger partial charge in [0.25, 0.3) is 0 Å². The highest BCUT2D eigenvalue weighted by Crippen LogP contribution is 2.33. The van der Waals surface area contributed by atoms with Crippen molar-refractivity contribution in [2.24, 2.45) is 17.8 Å². The van der Waals surface area contributed by atoms with Crippen molar-refractivity contribution in [3.63, 3.8) is 0 Å². The quantitative estimate of drug-likeness (QED) is 0.654. The number of ether oxygens (including phenoxy) is 1. The van der Waals surface area contributed by atoms with Gasteiger partial charge in [-0.15, -0.1) is 0 Å². The van der Waals surface area contributed by atoms with Gasteiger partial charge in [-0.1, -0.05) is 25.2 Å². The zero-order valence-corrected chi connectivity index (χ0v) is 19.9. The van der Waals surface area contributed by atoms with E-state index in [1.54, 1.807) is 18.4 Å². The van der Waals surface area contributed by atoms with Crippen molar-refractivity contribution >= 4 is 32.6 Å². The first kappa shape index (κ1) is 22.3. The lowest BCUT2D eigenvalue weighted by Crippen LogP contribution is -2.44. The monoisotopic (exact) mass is 444 g/mol. The van der Waals surface area contributed by atoms with Crippen molar-refractivity contribution in [2.45, 2.75) is 39.5 Å². The lowest BCUT2D eigenvalue weighted by atomic mass is 9.92. The molecule has 2 aliphatic heterocycles. The van der Waals surface area contributed by atoms with E-state index in [4.69, 9.17) is 9.72 Å². The molecule has 6 nitrogen and oxygen atoms in total. The average Bonchev–Trinajstić information content (AvgIpc) is 3.19. The third-order valence-electron chi connectivity index (χ3n) is 6.54. The third kappa shape index (κ3) is 5.69. The highest BCUT2D eigenvalue weighted by Gasteiger charge is 2.27. The van der Waals surface area contributed by atoms with Crippen molar-refractivity contribution in [1.82, 2.24) is 15.2 Å². The molecule has 0 bridgehead atoms. The molecular weight excluding hydrogens is 408 g/mol. The van der Waals surface area contributed by atoms with Gasteiger partial charge in [0, 0.05) is 32.7 Å². The molecule has 1 aromatic carbocycles. The summed E-state index contributed by atoms with van der Waals surface area (Å²) in [5, 5.41) is 4.21. The fraction of sp³-hybridized carbons (Fsp3) is 0.667. The summed E-state index contributed by atoms with van der Waals surface area (Å²) in [6, 6.07) is 5.99. The highest BCUT2D eigenvalue weighted by atomic mass is 32.1. The number of carbonyl (C=O) groups excluding carboxylic acids is 1. The Balaban J connectivity index is 1.26. The predicted molar refractivity (Wildman–Crippen MR) is 128 cm³/mol. The van der Waals surface area contributed by atoms with Crippen LogP contribution in [0.3, 0.4) is 0 Å². The van der Waals surface area contributed by atoms with E-state index in [2.05, 4.69) is 29.0 Å². The maximum absolute atomic E-state index is 12.8. The molecule has 170 valence electrons. The number of anilines is 1. The van der Waals surface area contributed by atoms with Crippen LogP contribution in [0, 0.1) is 17.8 Å². The van der Waals surface area contributed by atoms with E-state index in [-0.39, 0.29) is 11.8 Å². The van der Waals surface area contributed by atoms with Gasteiger partial charge in [-0.2, -0.15) is 0 Å². The summed E-state index contributed by atoms with van der Waals surface area (Å²) >= 11 is 1.68. The molecular formula is C24H36N4O2S.